The number of thiazole rings is 1. The van der Waals surface area contributed by atoms with Gasteiger partial charge in [-0.3, -0.25) is 9.36 Å². The number of nitriles is 1. The van der Waals surface area contributed by atoms with Crippen LogP contribution in [0.5, 0.6) is 0 Å². The van der Waals surface area contributed by atoms with E-state index in [9.17, 15) is 14.9 Å². The first-order valence-electron chi connectivity index (χ1n) is 12.4. The van der Waals surface area contributed by atoms with E-state index in [2.05, 4.69) is 33.8 Å². The molecule has 6 nitrogen and oxygen atoms in total. The van der Waals surface area contributed by atoms with Crippen LogP contribution in [0.15, 0.2) is 58.9 Å². The van der Waals surface area contributed by atoms with Gasteiger partial charge in [0.25, 0.3) is 5.56 Å². The SMILES string of the molecule is CCOC(=O)C1=c2s/c(=C\c3ccc(C(C)C)cc3)c(=O)n2C(N)=C(C#N)[C@@H]1c1ccc(C(C)C)cc1. The number of carbonyl (C=O) groups is 1. The Kier molecular flexibility index (Phi) is 7.51. The summed E-state index contributed by atoms with van der Waals surface area (Å²) in [5.41, 5.74) is 10.4. The van der Waals surface area contributed by atoms with Crippen LogP contribution >= 0.6 is 11.3 Å². The number of hydrogen-bond acceptors (Lipinski definition) is 6. The minimum absolute atomic E-state index is 0.0412. The maximum Gasteiger partial charge on any atom is 0.338 e. The Labute approximate surface area is 220 Å². The molecule has 3 aromatic rings. The Balaban J connectivity index is 2.00. The second-order valence-electron chi connectivity index (χ2n) is 9.68. The second-order valence-corrected chi connectivity index (χ2v) is 10.7. The Morgan fingerprint density at radius 3 is 2.16 bits per heavy atom. The minimum atomic E-state index is -0.735. The molecule has 2 aromatic carbocycles. The van der Waals surface area contributed by atoms with Crippen molar-refractivity contribution in [3.8, 4) is 6.07 Å². The molecule has 0 bridgehead atoms. The summed E-state index contributed by atoms with van der Waals surface area (Å²) in [7, 11) is 0. The smallest absolute Gasteiger partial charge is 0.338 e. The van der Waals surface area contributed by atoms with Gasteiger partial charge < -0.3 is 10.5 Å². The number of aromatic nitrogens is 1. The summed E-state index contributed by atoms with van der Waals surface area (Å²) in [6, 6.07) is 18.0. The van der Waals surface area contributed by atoms with Gasteiger partial charge in [0.1, 0.15) is 10.5 Å². The van der Waals surface area contributed by atoms with E-state index in [-0.39, 0.29) is 29.1 Å². The number of benzene rings is 2. The Morgan fingerprint density at radius 1 is 1.08 bits per heavy atom. The molecule has 0 radical (unpaired) electrons. The van der Waals surface area contributed by atoms with Crippen molar-refractivity contribution in [2.45, 2.75) is 52.4 Å². The lowest BCUT2D eigenvalue weighted by Gasteiger charge is -2.25. The molecular formula is C30H31N3O3S. The van der Waals surface area contributed by atoms with Crippen LogP contribution in [0.2, 0.25) is 0 Å². The number of rotatable bonds is 6. The normalized spacial score (nSPS) is 15.8. The first-order chi connectivity index (χ1) is 17.7. The van der Waals surface area contributed by atoms with Crippen molar-refractivity contribution in [3.05, 3.63) is 95.9 Å². The molecule has 0 aliphatic carbocycles. The number of allylic oxidation sites excluding steroid dienone is 1. The molecule has 37 heavy (non-hydrogen) atoms. The predicted octanol–water partition coefficient (Wildman–Crippen LogP) is 4.15. The van der Waals surface area contributed by atoms with Crippen LogP contribution in [-0.2, 0) is 9.53 Å². The van der Waals surface area contributed by atoms with Gasteiger partial charge >= 0.3 is 5.97 Å². The molecule has 0 saturated carbocycles. The van der Waals surface area contributed by atoms with Crippen LogP contribution in [-0.4, -0.2) is 17.1 Å². The summed E-state index contributed by atoms with van der Waals surface area (Å²) >= 11 is 1.19. The number of ether oxygens (including phenoxy) is 1. The average Bonchev–Trinajstić information content (AvgIpc) is 3.20. The van der Waals surface area contributed by atoms with E-state index in [1.165, 1.54) is 21.5 Å². The highest BCUT2D eigenvalue weighted by Crippen LogP contribution is 2.37. The van der Waals surface area contributed by atoms with Crippen molar-refractivity contribution in [2.24, 2.45) is 5.73 Å². The zero-order valence-electron chi connectivity index (χ0n) is 21.7. The third kappa shape index (κ3) is 4.90. The highest BCUT2D eigenvalue weighted by Gasteiger charge is 2.36. The van der Waals surface area contributed by atoms with Crippen molar-refractivity contribution < 1.29 is 9.53 Å². The molecule has 7 heteroatoms. The lowest BCUT2D eigenvalue weighted by atomic mass is 9.83. The van der Waals surface area contributed by atoms with Crippen LogP contribution < -0.4 is 20.5 Å². The van der Waals surface area contributed by atoms with Crippen molar-refractivity contribution in [1.82, 2.24) is 4.57 Å². The highest BCUT2D eigenvalue weighted by atomic mass is 32.1. The molecule has 190 valence electrons. The summed E-state index contributed by atoms with van der Waals surface area (Å²) in [5, 5.41) is 10.1. The zero-order valence-corrected chi connectivity index (χ0v) is 22.6. The van der Waals surface area contributed by atoms with Gasteiger partial charge in [0.15, 0.2) is 0 Å². The molecule has 0 fully saturated rings. The van der Waals surface area contributed by atoms with Crippen molar-refractivity contribution in [1.29, 1.82) is 5.26 Å². The molecule has 1 atom stereocenters. The van der Waals surface area contributed by atoms with Crippen LogP contribution in [0.3, 0.4) is 0 Å². The summed E-state index contributed by atoms with van der Waals surface area (Å²) in [5.74, 6) is -0.527. The van der Waals surface area contributed by atoms with Crippen LogP contribution in [0.1, 0.15) is 74.6 Å². The lowest BCUT2D eigenvalue weighted by Crippen LogP contribution is -2.40. The standard InChI is InChI=1S/C30H31N3O3S/c1-6-36-30(35)26-25(22-13-11-21(12-14-22)18(4)5)23(16-31)27(32)33-28(34)24(37-29(26)33)15-19-7-9-20(10-8-19)17(2)3/h7-15,17-18,25H,6,32H2,1-5H3/b24-15-/t25-/m0/s1. The number of hydrogen-bond donors (Lipinski definition) is 1. The van der Waals surface area contributed by atoms with Crippen LogP contribution in [0.4, 0.5) is 0 Å². The summed E-state index contributed by atoms with van der Waals surface area (Å²) in [4.78, 5) is 26.8. The van der Waals surface area contributed by atoms with E-state index in [1.807, 2.05) is 48.5 Å². The largest absolute Gasteiger partial charge is 0.463 e. The molecule has 2 heterocycles. The Bertz CT molecular complexity index is 1580. The number of carbonyl (C=O) groups excluding carboxylic acids is 1. The molecule has 0 spiro atoms. The molecule has 1 aliphatic heterocycles. The van der Waals surface area contributed by atoms with Gasteiger partial charge in [-0.1, -0.05) is 76.2 Å². The van der Waals surface area contributed by atoms with E-state index in [0.29, 0.717) is 21.0 Å². The molecular weight excluding hydrogens is 482 g/mol. The number of nitrogens with zero attached hydrogens (tertiary/aromatic N) is 2. The van der Waals surface area contributed by atoms with Gasteiger partial charge in [-0.25, -0.2) is 4.79 Å². The van der Waals surface area contributed by atoms with Gasteiger partial charge in [0.05, 0.1) is 34.3 Å². The summed E-state index contributed by atoms with van der Waals surface area (Å²) in [6.45, 7) is 10.3. The fourth-order valence-electron chi connectivity index (χ4n) is 4.49. The molecule has 2 N–H and O–H groups in total. The third-order valence-corrected chi connectivity index (χ3v) is 7.71. The molecule has 0 amide bonds. The van der Waals surface area contributed by atoms with Crippen LogP contribution in [0.25, 0.3) is 17.5 Å². The topological polar surface area (TPSA) is 98.1 Å². The fraction of sp³-hybridized carbons (Fsp3) is 0.300. The van der Waals surface area contributed by atoms with Crippen molar-refractivity contribution >= 4 is 34.8 Å². The quantitative estimate of drug-likeness (QED) is 0.500. The van der Waals surface area contributed by atoms with E-state index in [1.54, 1.807) is 13.0 Å². The van der Waals surface area contributed by atoms with E-state index in [0.717, 1.165) is 16.7 Å². The van der Waals surface area contributed by atoms with Gasteiger partial charge in [-0.05, 0) is 47.1 Å². The molecule has 1 aliphatic rings. The van der Waals surface area contributed by atoms with Crippen LogP contribution in [0, 0.1) is 11.3 Å². The number of fused-ring (bicyclic) bond motifs is 1. The summed E-state index contributed by atoms with van der Waals surface area (Å²) in [6.07, 6.45) is 1.79. The Hall–Kier alpha value is -3.89. The first kappa shape index (κ1) is 26.2. The highest BCUT2D eigenvalue weighted by molar-refractivity contribution is 7.07. The molecule has 4 rings (SSSR count). The number of esters is 1. The predicted molar refractivity (Wildman–Crippen MR) is 148 cm³/mol. The van der Waals surface area contributed by atoms with Gasteiger partial charge in [-0.2, -0.15) is 5.26 Å². The van der Waals surface area contributed by atoms with Gasteiger partial charge in [0, 0.05) is 0 Å². The monoisotopic (exact) mass is 513 g/mol. The maximum atomic E-state index is 13.5. The fourth-order valence-corrected chi connectivity index (χ4v) is 5.65. The zero-order chi connectivity index (χ0) is 26.9. The van der Waals surface area contributed by atoms with Crippen molar-refractivity contribution in [2.75, 3.05) is 6.61 Å². The second kappa shape index (κ2) is 10.6. The first-order valence-corrected chi connectivity index (χ1v) is 13.2. The van der Waals surface area contributed by atoms with Crippen molar-refractivity contribution in [3.63, 3.8) is 0 Å². The third-order valence-electron chi connectivity index (χ3n) is 6.60. The van der Waals surface area contributed by atoms with E-state index >= 15 is 0 Å². The molecule has 0 unspecified atom stereocenters. The maximum absolute atomic E-state index is 13.5. The van der Waals surface area contributed by atoms with Gasteiger partial charge in [-0.15, -0.1) is 11.3 Å². The van der Waals surface area contributed by atoms with Gasteiger partial charge in [0.2, 0.25) is 0 Å². The van der Waals surface area contributed by atoms with E-state index in [4.69, 9.17) is 10.5 Å². The van der Waals surface area contributed by atoms with E-state index < -0.39 is 11.9 Å². The molecule has 0 saturated heterocycles. The molecule has 1 aromatic heterocycles. The Morgan fingerprint density at radius 2 is 1.65 bits per heavy atom. The average molecular weight is 514 g/mol. The summed E-state index contributed by atoms with van der Waals surface area (Å²) < 4.78 is 7.51. The number of nitrogens with two attached hydrogens (primary N) is 1. The minimum Gasteiger partial charge on any atom is -0.463 e. The lowest BCUT2D eigenvalue weighted by molar-refractivity contribution is -0.136.